The van der Waals surface area contributed by atoms with E-state index in [1.165, 1.54) is 30.3 Å². The fourth-order valence-electron chi connectivity index (χ4n) is 1.81. The normalized spacial score (nSPS) is 10.8. The zero-order chi connectivity index (χ0) is 15.0. The van der Waals surface area contributed by atoms with Crippen molar-refractivity contribution in [3.8, 4) is 22.8 Å². The molecule has 7 heteroatoms. The van der Waals surface area contributed by atoms with Gasteiger partial charge in [0.25, 0.3) is 5.89 Å². The molecule has 0 radical (unpaired) electrons. The fourth-order valence-corrected chi connectivity index (χ4v) is 1.99. The van der Waals surface area contributed by atoms with Crippen LogP contribution in [0.25, 0.3) is 22.8 Å². The summed E-state index contributed by atoms with van der Waals surface area (Å²) in [4.78, 5) is 4.15. The van der Waals surface area contributed by atoms with Gasteiger partial charge in [-0.15, -0.1) is 0 Å². The Labute approximate surface area is 123 Å². The summed E-state index contributed by atoms with van der Waals surface area (Å²) in [7, 11) is 0. The van der Waals surface area contributed by atoms with Crippen LogP contribution in [0.2, 0.25) is 5.02 Å². The van der Waals surface area contributed by atoms with Crippen LogP contribution in [0.15, 0.2) is 40.9 Å². The molecule has 0 unspecified atom stereocenters. The number of aromatic nitrogens is 2. The summed E-state index contributed by atoms with van der Waals surface area (Å²) in [6.45, 7) is 0. The van der Waals surface area contributed by atoms with Gasteiger partial charge in [0.05, 0.1) is 10.6 Å². The Balaban J connectivity index is 2.01. The van der Waals surface area contributed by atoms with Crippen molar-refractivity contribution < 1.29 is 13.3 Å². The number of rotatable bonds is 2. The van der Waals surface area contributed by atoms with Gasteiger partial charge >= 0.3 is 0 Å². The Bertz CT molecular complexity index is 820. The number of benzene rings is 2. The molecule has 1 heterocycles. The molecule has 1 aromatic heterocycles. The highest BCUT2D eigenvalue weighted by atomic mass is 35.5. The van der Waals surface area contributed by atoms with Crippen molar-refractivity contribution in [3.05, 3.63) is 53.1 Å². The number of hydrogen-bond acceptors (Lipinski definition) is 4. The number of nitrogens with two attached hydrogens (primary N) is 1. The van der Waals surface area contributed by atoms with E-state index < -0.39 is 11.6 Å². The fraction of sp³-hybridized carbons (Fsp3) is 0. The summed E-state index contributed by atoms with van der Waals surface area (Å²) in [5, 5.41) is 3.74. The van der Waals surface area contributed by atoms with E-state index >= 15 is 0 Å². The van der Waals surface area contributed by atoms with Crippen LogP contribution >= 0.6 is 11.6 Å². The minimum Gasteiger partial charge on any atom is -0.398 e. The largest absolute Gasteiger partial charge is 0.398 e. The summed E-state index contributed by atoms with van der Waals surface area (Å²) < 4.78 is 31.2. The Hall–Kier alpha value is -2.47. The van der Waals surface area contributed by atoms with Gasteiger partial charge in [0, 0.05) is 11.3 Å². The van der Waals surface area contributed by atoms with E-state index in [1.54, 1.807) is 0 Å². The molecule has 0 aliphatic heterocycles. The maximum atomic E-state index is 13.1. The first-order valence-electron chi connectivity index (χ1n) is 5.89. The van der Waals surface area contributed by atoms with Crippen molar-refractivity contribution >= 4 is 17.3 Å². The van der Waals surface area contributed by atoms with Crippen LogP contribution in [0.3, 0.4) is 0 Å². The topological polar surface area (TPSA) is 64.9 Å². The van der Waals surface area contributed by atoms with Crippen LogP contribution in [0, 0.1) is 11.6 Å². The van der Waals surface area contributed by atoms with E-state index in [0.717, 1.165) is 6.07 Å². The molecule has 0 aliphatic rings. The minimum atomic E-state index is -0.535. The lowest BCUT2D eigenvalue weighted by Crippen LogP contribution is -1.91. The van der Waals surface area contributed by atoms with Crippen molar-refractivity contribution in [2.75, 3.05) is 5.73 Å². The molecule has 3 aromatic rings. The predicted octanol–water partition coefficient (Wildman–Crippen LogP) is 3.92. The molecule has 106 valence electrons. The van der Waals surface area contributed by atoms with Crippen LogP contribution in [-0.2, 0) is 0 Å². The van der Waals surface area contributed by atoms with E-state index in [2.05, 4.69) is 10.1 Å². The molecule has 0 fully saturated rings. The number of hydrogen-bond donors (Lipinski definition) is 1. The van der Waals surface area contributed by atoms with E-state index in [1.807, 2.05) is 0 Å². The monoisotopic (exact) mass is 307 g/mol. The van der Waals surface area contributed by atoms with Gasteiger partial charge in [0.15, 0.2) is 0 Å². The van der Waals surface area contributed by atoms with Gasteiger partial charge in [-0.05, 0) is 36.4 Å². The third-order valence-corrected chi connectivity index (χ3v) is 3.14. The molecule has 3 rings (SSSR count). The molecule has 0 spiro atoms. The van der Waals surface area contributed by atoms with Crippen LogP contribution in [0.4, 0.5) is 14.5 Å². The summed E-state index contributed by atoms with van der Waals surface area (Å²) in [5.41, 5.74) is 6.81. The number of nitrogen functional groups attached to an aromatic ring is 1. The smallest absolute Gasteiger partial charge is 0.260 e. The van der Waals surface area contributed by atoms with Crippen molar-refractivity contribution in [1.82, 2.24) is 10.1 Å². The highest BCUT2D eigenvalue weighted by Gasteiger charge is 2.14. The molecule has 21 heavy (non-hydrogen) atoms. The van der Waals surface area contributed by atoms with Crippen molar-refractivity contribution in [3.63, 3.8) is 0 Å². The van der Waals surface area contributed by atoms with Crippen molar-refractivity contribution in [1.29, 1.82) is 0 Å². The maximum absolute atomic E-state index is 13.1. The summed E-state index contributed by atoms with van der Waals surface area (Å²) >= 11 is 5.71. The zero-order valence-electron chi connectivity index (χ0n) is 10.5. The lowest BCUT2D eigenvalue weighted by atomic mass is 10.1. The molecule has 4 nitrogen and oxygen atoms in total. The van der Waals surface area contributed by atoms with Crippen molar-refractivity contribution in [2.24, 2.45) is 0 Å². The molecule has 2 aromatic carbocycles. The van der Waals surface area contributed by atoms with Gasteiger partial charge < -0.3 is 10.3 Å². The number of halogens is 3. The summed E-state index contributed by atoms with van der Waals surface area (Å²) in [5.74, 6) is -0.619. The first-order valence-corrected chi connectivity index (χ1v) is 6.27. The highest BCUT2D eigenvalue weighted by molar-refractivity contribution is 6.31. The second kappa shape index (κ2) is 5.14. The van der Waals surface area contributed by atoms with E-state index in [0.29, 0.717) is 11.1 Å². The Morgan fingerprint density at radius 3 is 2.62 bits per heavy atom. The van der Waals surface area contributed by atoms with Crippen molar-refractivity contribution in [2.45, 2.75) is 0 Å². The van der Waals surface area contributed by atoms with E-state index in [4.69, 9.17) is 21.9 Å². The molecule has 2 N–H and O–H groups in total. The van der Waals surface area contributed by atoms with Gasteiger partial charge in [0.2, 0.25) is 5.82 Å². The molecule has 0 bridgehead atoms. The number of nitrogens with zero attached hydrogens (tertiary/aromatic N) is 2. The molecule has 0 saturated carbocycles. The minimum absolute atomic E-state index is 0.0415. The van der Waals surface area contributed by atoms with Gasteiger partial charge in [-0.1, -0.05) is 16.8 Å². The Morgan fingerprint density at radius 2 is 1.90 bits per heavy atom. The van der Waals surface area contributed by atoms with Crippen LogP contribution in [0.5, 0.6) is 0 Å². The first kappa shape index (κ1) is 13.5. The average molecular weight is 308 g/mol. The highest BCUT2D eigenvalue weighted by Crippen LogP contribution is 2.28. The van der Waals surface area contributed by atoms with Gasteiger partial charge in [-0.3, -0.25) is 0 Å². The molecule has 0 amide bonds. The standard InChI is InChI=1S/C14H8ClF2N3O/c15-10-5-7(1-4-11(10)17)13-19-14(21-20-13)9-3-2-8(16)6-12(9)18/h1-6H,18H2. The predicted molar refractivity (Wildman–Crippen MR) is 74.5 cm³/mol. The maximum Gasteiger partial charge on any atom is 0.260 e. The second-order valence-corrected chi connectivity index (χ2v) is 4.69. The summed E-state index contributed by atoms with van der Waals surface area (Å²) in [6.07, 6.45) is 0. The third kappa shape index (κ3) is 2.57. The Kier molecular flexibility index (Phi) is 3.31. The quantitative estimate of drug-likeness (QED) is 0.729. The van der Waals surface area contributed by atoms with Gasteiger partial charge in [0.1, 0.15) is 11.6 Å². The SMILES string of the molecule is Nc1cc(F)ccc1-c1nc(-c2ccc(F)c(Cl)c2)no1. The molecular weight excluding hydrogens is 300 g/mol. The molecule has 0 saturated heterocycles. The average Bonchev–Trinajstić information content (AvgIpc) is 2.91. The number of anilines is 1. The molecule has 0 aliphatic carbocycles. The van der Waals surface area contributed by atoms with Crippen LogP contribution in [-0.4, -0.2) is 10.1 Å². The van der Waals surface area contributed by atoms with Gasteiger partial charge in [-0.25, -0.2) is 8.78 Å². The first-order chi connectivity index (χ1) is 10.0. The lowest BCUT2D eigenvalue weighted by molar-refractivity contribution is 0.432. The lowest BCUT2D eigenvalue weighted by Gasteiger charge is -1.99. The second-order valence-electron chi connectivity index (χ2n) is 4.28. The zero-order valence-corrected chi connectivity index (χ0v) is 11.2. The molecule has 0 atom stereocenters. The third-order valence-electron chi connectivity index (χ3n) is 2.85. The summed E-state index contributed by atoms with van der Waals surface area (Å²) in [6, 6.07) is 7.92. The molecular formula is C14H8ClF2N3O. The van der Waals surface area contributed by atoms with Crippen LogP contribution < -0.4 is 5.73 Å². The van der Waals surface area contributed by atoms with E-state index in [-0.39, 0.29) is 22.4 Å². The van der Waals surface area contributed by atoms with E-state index in [9.17, 15) is 8.78 Å². The van der Waals surface area contributed by atoms with Gasteiger partial charge in [-0.2, -0.15) is 4.98 Å². The Morgan fingerprint density at radius 1 is 1.10 bits per heavy atom. The van der Waals surface area contributed by atoms with Crippen LogP contribution in [0.1, 0.15) is 0 Å².